The minimum atomic E-state index is -0.408. The van der Waals surface area contributed by atoms with Gasteiger partial charge in [-0.25, -0.2) is 4.98 Å². The number of rotatable bonds is 5. The molecule has 3 heterocycles. The lowest BCUT2D eigenvalue weighted by atomic mass is 10.2. The van der Waals surface area contributed by atoms with E-state index in [1.54, 1.807) is 35.0 Å². The van der Waals surface area contributed by atoms with E-state index in [-0.39, 0.29) is 17.4 Å². The SMILES string of the molecule is CCCNC(=O)c1nc(C(=O)Nc2cccc3cccnc23)n2ccccc12. The van der Waals surface area contributed by atoms with Gasteiger partial charge < -0.3 is 10.6 Å². The number of aromatic nitrogens is 3. The first-order valence-electron chi connectivity index (χ1n) is 9.09. The number of nitrogens with one attached hydrogen (secondary N) is 2. The second-order valence-electron chi connectivity index (χ2n) is 6.33. The van der Waals surface area contributed by atoms with Crippen LogP contribution in [0.15, 0.2) is 60.9 Å². The maximum Gasteiger partial charge on any atom is 0.292 e. The molecule has 0 atom stereocenters. The van der Waals surface area contributed by atoms with Crippen LogP contribution in [0.1, 0.15) is 34.5 Å². The van der Waals surface area contributed by atoms with Crippen molar-refractivity contribution in [3.8, 4) is 0 Å². The van der Waals surface area contributed by atoms with Gasteiger partial charge in [0.1, 0.15) is 0 Å². The van der Waals surface area contributed by atoms with Gasteiger partial charge in [0.2, 0.25) is 5.82 Å². The molecule has 0 aliphatic carbocycles. The smallest absolute Gasteiger partial charge is 0.292 e. The molecular formula is C21H19N5O2. The molecule has 0 unspecified atom stereocenters. The highest BCUT2D eigenvalue weighted by molar-refractivity contribution is 6.08. The lowest BCUT2D eigenvalue weighted by Gasteiger charge is -2.07. The molecule has 0 aliphatic heterocycles. The summed E-state index contributed by atoms with van der Waals surface area (Å²) in [6.45, 7) is 2.52. The summed E-state index contributed by atoms with van der Waals surface area (Å²) in [4.78, 5) is 34.1. The molecule has 7 nitrogen and oxygen atoms in total. The number of hydrogen-bond acceptors (Lipinski definition) is 4. The van der Waals surface area contributed by atoms with E-state index in [0.29, 0.717) is 23.3 Å². The van der Waals surface area contributed by atoms with Gasteiger partial charge in [0.15, 0.2) is 5.69 Å². The predicted octanol–water partition coefficient (Wildman–Crippen LogP) is 3.27. The maximum absolute atomic E-state index is 13.0. The second-order valence-corrected chi connectivity index (χ2v) is 6.33. The Balaban J connectivity index is 1.72. The van der Waals surface area contributed by atoms with Crippen LogP contribution in [0.3, 0.4) is 0 Å². The Morgan fingerprint density at radius 1 is 1.04 bits per heavy atom. The highest BCUT2D eigenvalue weighted by atomic mass is 16.2. The molecule has 0 saturated heterocycles. The van der Waals surface area contributed by atoms with Crippen LogP contribution in [-0.2, 0) is 0 Å². The van der Waals surface area contributed by atoms with Gasteiger partial charge in [-0.05, 0) is 30.7 Å². The summed E-state index contributed by atoms with van der Waals surface area (Å²) >= 11 is 0. The average molecular weight is 373 g/mol. The summed E-state index contributed by atoms with van der Waals surface area (Å²) in [5.74, 6) is -0.560. The predicted molar refractivity (Wildman–Crippen MR) is 108 cm³/mol. The Hall–Kier alpha value is -3.74. The quantitative estimate of drug-likeness (QED) is 0.562. The van der Waals surface area contributed by atoms with Gasteiger partial charge in [0.25, 0.3) is 11.8 Å². The van der Waals surface area contributed by atoms with Crippen molar-refractivity contribution in [3.63, 3.8) is 0 Å². The maximum atomic E-state index is 13.0. The zero-order chi connectivity index (χ0) is 19.5. The molecule has 4 aromatic rings. The third-order valence-electron chi connectivity index (χ3n) is 4.38. The number of fused-ring (bicyclic) bond motifs is 2. The molecular weight excluding hydrogens is 354 g/mol. The van der Waals surface area contributed by atoms with E-state index in [9.17, 15) is 9.59 Å². The fourth-order valence-electron chi connectivity index (χ4n) is 3.07. The van der Waals surface area contributed by atoms with Crippen molar-refractivity contribution in [2.45, 2.75) is 13.3 Å². The molecule has 4 rings (SSSR count). The molecule has 2 N–H and O–H groups in total. The molecule has 0 fully saturated rings. The van der Waals surface area contributed by atoms with Crippen LogP contribution in [0.5, 0.6) is 0 Å². The van der Waals surface area contributed by atoms with Crippen LogP contribution in [0, 0.1) is 0 Å². The van der Waals surface area contributed by atoms with E-state index in [1.165, 1.54) is 0 Å². The van der Waals surface area contributed by atoms with Crippen LogP contribution in [0.2, 0.25) is 0 Å². The third-order valence-corrected chi connectivity index (χ3v) is 4.38. The molecule has 0 aliphatic rings. The summed E-state index contributed by atoms with van der Waals surface area (Å²) in [7, 11) is 0. The Morgan fingerprint density at radius 2 is 1.89 bits per heavy atom. The molecule has 0 saturated carbocycles. The zero-order valence-corrected chi connectivity index (χ0v) is 15.3. The molecule has 7 heteroatoms. The van der Waals surface area contributed by atoms with Crippen molar-refractivity contribution in [1.82, 2.24) is 19.7 Å². The molecule has 3 aromatic heterocycles. The first-order valence-corrected chi connectivity index (χ1v) is 9.09. The Bertz CT molecular complexity index is 1180. The van der Waals surface area contributed by atoms with Crippen LogP contribution in [-0.4, -0.2) is 32.7 Å². The van der Waals surface area contributed by atoms with E-state index in [0.717, 1.165) is 11.8 Å². The van der Waals surface area contributed by atoms with Crippen LogP contribution in [0.25, 0.3) is 16.4 Å². The Morgan fingerprint density at radius 3 is 2.75 bits per heavy atom. The molecule has 0 radical (unpaired) electrons. The Kier molecular flexibility index (Phi) is 4.72. The van der Waals surface area contributed by atoms with Crippen molar-refractivity contribution < 1.29 is 9.59 Å². The zero-order valence-electron chi connectivity index (χ0n) is 15.3. The third kappa shape index (κ3) is 3.18. The molecule has 0 spiro atoms. The van der Waals surface area contributed by atoms with E-state index < -0.39 is 5.91 Å². The molecule has 140 valence electrons. The standard InChI is InChI=1S/C21H19N5O2/c1-2-11-23-20(27)18-16-10-3-4-13-26(16)19(25-18)21(28)24-15-9-5-7-14-8-6-12-22-17(14)15/h3-10,12-13H,2,11H2,1H3,(H,23,27)(H,24,28). The summed E-state index contributed by atoms with van der Waals surface area (Å²) < 4.78 is 1.62. The van der Waals surface area contributed by atoms with Gasteiger partial charge in [-0.1, -0.05) is 31.2 Å². The number of para-hydroxylation sites is 1. The van der Waals surface area contributed by atoms with Crippen LogP contribution < -0.4 is 10.6 Å². The van der Waals surface area contributed by atoms with E-state index in [4.69, 9.17) is 0 Å². The highest BCUT2D eigenvalue weighted by Crippen LogP contribution is 2.22. The van der Waals surface area contributed by atoms with Gasteiger partial charge in [-0.15, -0.1) is 0 Å². The molecule has 28 heavy (non-hydrogen) atoms. The van der Waals surface area contributed by atoms with Crippen LogP contribution >= 0.6 is 0 Å². The Labute approximate surface area is 161 Å². The number of anilines is 1. The van der Waals surface area contributed by atoms with Crippen molar-refractivity contribution in [2.75, 3.05) is 11.9 Å². The number of pyridine rings is 2. The van der Waals surface area contributed by atoms with Gasteiger partial charge >= 0.3 is 0 Å². The number of carbonyl (C=O) groups is 2. The van der Waals surface area contributed by atoms with Crippen molar-refractivity contribution in [1.29, 1.82) is 0 Å². The van der Waals surface area contributed by atoms with Gasteiger partial charge in [0.05, 0.1) is 16.7 Å². The summed E-state index contributed by atoms with van der Waals surface area (Å²) in [5, 5.41) is 6.61. The minimum Gasteiger partial charge on any atom is -0.351 e. The number of nitrogens with zero attached hydrogens (tertiary/aromatic N) is 3. The van der Waals surface area contributed by atoms with E-state index >= 15 is 0 Å². The second kappa shape index (κ2) is 7.48. The topological polar surface area (TPSA) is 88.4 Å². The van der Waals surface area contributed by atoms with Gasteiger partial charge in [0, 0.05) is 24.3 Å². The van der Waals surface area contributed by atoms with Crippen molar-refractivity contribution in [2.24, 2.45) is 0 Å². The fourth-order valence-corrected chi connectivity index (χ4v) is 3.07. The molecule has 1 aromatic carbocycles. The lowest BCUT2D eigenvalue weighted by molar-refractivity contribution is 0.0951. The molecule has 2 amide bonds. The first kappa shape index (κ1) is 17.7. The van der Waals surface area contributed by atoms with Gasteiger partial charge in [-0.3, -0.25) is 19.0 Å². The summed E-state index contributed by atoms with van der Waals surface area (Å²) in [6, 6.07) is 14.7. The largest absolute Gasteiger partial charge is 0.351 e. The number of hydrogen-bond donors (Lipinski definition) is 2. The lowest BCUT2D eigenvalue weighted by Crippen LogP contribution is -2.24. The normalized spacial score (nSPS) is 10.9. The monoisotopic (exact) mass is 373 g/mol. The first-order chi connectivity index (χ1) is 13.7. The van der Waals surface area contributed by atoms with Crippen LogP contribution in [0.4, 0.5) is 5.69 Å². The van der Waals surface area contributed by atoms with E-state index in [1.807, 2.05) is 37.3 Å². The average Bonchev–Trinajstić information content (AvgIpc) is 3.12. The van der Waals surface area contributed by atoms with Crippen molar-refractivity contribution >= 4 is 33.9 Å². The summed E-state index contributed by atoms with van der Waals surface area (Å²) in [6.07, 6.45) is 4.22. The number of imidazole rings is 1. The van der Waals surface area contributed by atoms with Crippen molar-refractivity contribution in [3.05, 3.63) is 72.4 Å². The van der Waals surface area contributed by atoms with E-state index in [2.05, 4.69) is 20.6 Å². The minimum absolute atomic E-state index is 0.144. The number of amides is 2. The highest BCUT2D eigenvalue weighted by Gasteiger charge is 2.21. The number of benzene rings is 1. The summed E-state index contributed by atoms with van der Waals surface area (Å²) in [5.41, 5.74) is 2.10. The molecule has 0 bridgehead atoms. The fraction of sp³-hybridized carbons (Fsp3) is 0.143. The number of carbonyl (C=O) groups excluding carboxylic acids is 2. The van der Waals surface area contributed by atoms with Gasteiger partial charge in [-0.2, -0.15) is 0 Å².